The number of halogens is 1. The quantitative estimate of drug-likeness (QED) is 0.462. The lowest BCUT2D eigenvalue weighted by Gasteiger charge is -2.08. The molecule has 114 valence electrons. The number of aliphatic imine (C=N–C) groups is 1. The third-order valence-corrected chi connectivity index (χ3v) is 2.76. The van der Waals surface area contributed by atoms with Gasteiger partial charge in [0.25, 0.3) is 0 Å². The van der Waals surface area contributed by atoms with Crippen LogP contribution in [-0.2, 0) is 6.54 Å². The van der Waals surface area contributed by atoms with Crippen molar-refractivity contribution >= 4 is 29.9 Å². The summed E-state index contributed by atoms with van der Waals surface area (Å²) in [5, 5.41) is 10.8. The molecule has 0 fully saturated rings. The fourth-order valence-corrected chi connectivity index (χ4v) is 1.84. The molecule has 0 aliphatic carbocycles. The Kier molecular flexibility index (Phi) is 7.81. The van der Waals surface area contributed by atoms with Gasteiger partial charge < -0.3 is 10.6 Å². The molecule has 1 aromatic carbocycles. The van der Waals surface area contributed by atoms with Crippen molar-refractivity contribution in [3.63, 3.8) is 0 Å². The van der Waals surface area contributed by atoms with Gasteiger partial charge in [0.1, 0.15) is 0 Å². The first-order valence-corrected chi connectivity index (χ1v) is 6.94. The smallest absolute Gasteiger partial charge is 0.191 e. The third kappa shape index (κ3) is 5.37. The second-order valence-electron chi connectivity index (χ2n) is 4.35. The number of nitrogens with one attached hydrogen (secondary N) is 2. The Morgan fingerprint density at radius 3 is 2.43 bits per heavy atom. The monoisotopic (exact) mass is 399 g/mol. The van der Waals surface area contributed by atoms with Crippen LogP contribution >= 0.6 is 24.0 Å². The molecule has 2 N–H and O–H groups in total. The number of nitrogens with zero attached hydrogens (tertiary/aromatic N) is 3. The van der Waals surface area contributed by atoms with Crippen LogP contribution in [0.2, 0.25) is 0 Å². The van der Waals surface area contributed by atoms with Crippen LogP contribution in [0.5, 0.6) is 0 Å². The van der Waals surface area contributed by atoms with E-state index in [1.165, 1.54) is 0 Å². The minimum absolute atomic E-state index is 0. The van der Waals surface area contributed by atoms with Gasteiger partial charge in [-0.15, -0.1) is 24.0 Å². The second-order valence-corrected chi connectivity index (χ2v) is 4.35. The van der Waals surface area contributed by atoms with Gasteiger partial charge in [0.05, 0.1) is 18.4 Å². The highest BCUT2D eigenvalue weighted by molar-refractivity contribution is 14.0. The molecule has 2 aromatic rings. The first-order chi connectivity index (χ1) is 9.83. The molecule has 1 aromatic heterocycles. The highest BCUT2D eigenvalue weighted by atomic mass is 127. The molecule has 0 radical (unpaired) electrons. The zero-order chi connectivity index (χ0) is 14.2. The Morgan fingerprint density at radius 2 is 1.81 bits per heavy atom. The Morgan fingerprint density at radius 1 is 1.14 bits per heavy atom. The van der Waals surface area contributed by atoms with E-state index in [9.17, 15) is 0 Å². The number of para-hydroxylation sites is 1. The van der Waals surface area contributed by atoms with Gasteiger partial charge in [-0.1, -0.05) is 18.2 Å². The summed E-state index contributed by atoms with van der Waals surface area (Å²) in [6.45, 7) is 6.44. The largest absolute Gasteiger partial charge is 0.357 e. The second kappa shape index (κ2) is 9.38. The zero-order valence-corrected chi connectivity index (χ0v) is 14.7. The van der Waals surface area contributed by atoms with E-state index in [1.54, 1.807) is 0 Å². The van der Waals surface area contributed by atoms with Crippen molar-refractivity contribution in [2.75, 3.05) is 13.1 Å². The topological polar surface area (TPSA) is 54.2 Å². The highest BCUT2D eigenvalue weighted by Crippen LogP contribution is 2.08. The average molecular weight is 399 g/mol. The van der Waals surface area contributed by atoms with Crippen LogP contribution in [0.4, 0.5) is 0 Å². The summed E-state index contributed by atoms with van der Waals surface area (Å²) in [5.74, 6) is 0.836. The van der Waals surface area contributed by atoms with Gasteiger partial charge in [-0.25, -0.2) is 9.67 Å². The van der Waals surface area contributed by atoms with E-state index in [1.807, 2.05) is 47.4 Å². The molecule has 0 saturated heterocycles. The molecular formula is C15H22IN5. The van der Waals surface area contributed by atoms with Crippen molar-refractivity contribution in [1.82, 2.24) is 20.4 Å². The molecule has 0 spiro atoms. The van der Waals surface area contributed by atoms with Crippen LogP contribution in [0.25, 0.3) is 5.69 Å². The van der Waals surface area contributed by atoms with Gasteiger partial charge in [0.15, 0.2) is 5.96 Å². The first kappa shape index (κ1) is 17.5. The normalized spacial score (nSPS) is 9.62. The summed E-state index contributed by atoms with van der Waals surface area (Å²) in [5.41, 5.74) is 2.14. The Bertz CT molecular complexity index is 542. The Labute approximate surface area is 142 Å². The van der Waals surface area contributed by atoms with E-state index in [4.69, 9.17) is 0 Å². The van der Waals surface area contributed by atoms with Crippen molar-refractivity contribution in [3.8, 4) is 5.69 Å². The molecule has 0 aliphatic rings. The van der Waals surface area contributed by atoms with E-state index >= 15 is 0 Å². The molecular weight excluding hydrogens is 377 g/mol. The van der Waals surface area contributed by atoms with E-state index in [0.29, 0.717) is 6.54 Å². The van der Waals surface area contributed by atoms with Gasteiger partial charge >= 0.3 is 0 Å². The summed E-state index contributed by atoms with van der Waals surface area (Å²) < 4.78 is 1.87. The summed E-state index contributed by atoms with van der Waals surface area (Å²) >= 11 is 0. The van der Waals surface area contributed by atoms with Gasteiger partial charge in [-0.2, -0.15) is 5.10 Å². The van der Waals surface area contributed by atoms with Crippen LogP contribution in [0.1, 0.15) is 19.4 Å². The highest BCUT2D eigenvalue weighted by Gasteiger charge is 2.01. The fourth-order valence-electron chi connectivity index (χ4n) is 1.84. The predicted octanol–water partition coefficient (Wildman–Crippen LogP) is 2.57. The van der Waals surface area contributed by atoms with Gasteiger partial charge in [-0.3, -0.25) is 0 Å². The van der Waals surface area contributed by atoms with Crippen molar-refractivity contribution in [2.45, 2.75) is 20.4 Å². The lowest BCUT2D eigenvalue weighted by atomic mass is 10.3. The molecule has 0 aliphatic heterocycles. The molecule has 0 amide bonds. The van der Waals surface area contributed by atoms with Crippen LogP contribution < -0.4 is 10.6 Å². The first-order valence-electron chi connectivity index (χ1n) is 6.94. The molecule has 0 bridgehead atoms. The molecule has 21 heavy (non-hydrogen) atoms. The number of benzene rings is 1. The lowest BCUT2D eigenvalue weighted by Crippen LogP contribution is -2.36. The summed E-state index contributed by atoms with van der Waals surface area (Å²) in [7, 11) is 0. The standard InChI is InChI=1S/C15H21N5.HI/c1-3-16-15(17-4-2)18-10-13-11-19-20(12-13)14-8-6-5-7-9-14;/h5-9,11-12H,3-4,10H2,1-2H3,(H2,16,17,18);1H. The minimum Gasteiger partial charge on any atom is -0.357 e. The van der Waals surface area contributed by atoms with Gasteiger partial charge in [0.2, 0.25) is 0 Å². The predicted molar refractivity (Wildman–Crippen MR) is 97.5 cm³/mol. The Hall–Kier alpha value is -1.57. The number of guanidine groups is 1. The fraction of sp³-hybridized carbons (Fsp3) is 0.333. The van der Waals surface area contributed by atoms with Crippen LogP contribution in [0, 0.1) is 0 Å². The molecule has 2 rings (SSSR count). The van der Waals surface area contributed by atoms with E-state index in [2.05, 4.69) is 34.6 Å². The molecule has 1 heterocycles. The van der Waals surface area contributed by atoms with E-state index in [0.717, 1.165) is 30.3 Å². The SMILES string of the molecule is CCNC(=NCc1cnn(-c2ccccc2)c1)NCC.I. The maximum Gasteiger partial charge on any atom is 0.191 e. The van der Waals surface area contributed by atoms with Gasteiger partial charge in [0, 0.05) is 24.8 Å². The van der Waals surface area contributed by atoms with Crippen LogP contribution in [0.15, 0.2) is 47.7 Å². The molecule has 5 nitrogen and oxygen atoms in total. The van der Waals surface area contributed by atoms with E-state index < -0.39 is 0 Å². The maximum absolute atomic E-state index is 4.52. The minimum atomic E-state index is 0. The van der Waals surface area contributed by atoms with Crippen molar-refractivity contribution in [1.29, 1.82) is 0 Å². The summed E-state index contributed by atoms with van der Waals surface area (Å²) in [6, 6.07) is 10.1. The lowest BCUT2D eigenvalue weighted by molar-refractivity contribution is 0.839. The van der Waals surface area contributed by atoms with Crippen LogP contribution in [0.3, 0.4) is 0 Å². The number of aromatic nitrogens is 2. The molecule has 0 atom stereocenters. The number of hydrogen-bond acceptors (Lipinski definition) is 2. The Balaban J connectivity index is 0.00000220. The number of hydrogen-bond donors (Lipinski definition) is 2. The number of rotatable bonds is 5. The summed E-state index contributed by atoms with van der Waals surface area (Å²) in [6.07, 6.45) is 3.86. The third-order valence-electron chi connectivity index (χ3n) is 2.76. The maximum atomic E-state index is 4.52. The van der Waals surface area contributed by atoms with Crippen molar-refractivity contribution in [3.05, 3.63) is 48.3 Å². The van der Waals surface area contributed by atoms with Crippen molar-refractivity contribution in [2.24, 2.45) is 4.99 Å². The van der Waals surface area contributed by atoms with Crippen molar-refractivity contribution < 1.29 is 0 Å². The molecule has 6 heteroatoms. The summed E-state index contributed by atoms with van der Waals surface area (Å²) in [4.78, 5) is 4.52. The zero-order valence-electron chi connectivity index (χ0n) is 12.4. The molecule has 0 saturated carbocycles. The van der Waals surface area contributed by atoms with Crippen LogP contribution in [-0.4, -0.2) is 28.8 Å². The van der Waals surface area contributed by atoms with Gasteiger partial charge in [-0.05, 0) is 26.0 Å². The molecule has 0 unspecified atom stereocenters. The average Bonchev–Trinajstić information content (AvgIpc) is 2.95. The van der Waals surface area contributed by atoms with E-state index in [-0.39, 0.29) is 24.0 Å².